The normalized spacial score (nSPS) is 22.0. The van der Waals surface area contributed by atoms with Gasteiger partial charge in [-0.05, 0) is 32.2 Å². The number of aliphatic hydroxyl groups excluding tert-OH is 1. The minimum Gasteiger partial charge on any atom is -0.488 e. The maximum Gasteiger partial charge on any atom is 0.258 e. The van der Waals surface area contributed by atoms with Gasteiger partial charge in [0.2, 0.25) is 10.0 Å². The summed E-state index contributed by atoms with van der Waals surface area (Å²) >= 11 is 0. The highest BCUT2D eigenvalue weighted by atomic mass is 32.2. The zero-order valence-corrected chi connectivity index (χ0v) is 16.3. The van der Waals surface area contributed by atoms with E-state index in [0.29, 0.717) is 24.5 Å². The summed E-state index contributed by atoms with van der Waals surface area (Å²) < 4.78 is 31.4. The van der Waals surface area contributed by atoms with E-state index >= 15 is 0 Å². The number of carbonyl (C=O) groups excluding carboxylic acids is 1. The number of carbonyl (C=O) groups is 1. The molecule has 9 heteroatoms. The predicted molar refractivity (Wildman–Crippen MR) is 100.0 cm³/mol. The Bertz CT molecular complexity index is 753. The van der Waals surface area contributed by atoms with Crippen molar-refractivity contribution in [2.24, 2.45) is 5.92 Å². The van der Waals surface area contributed by atoms with Crippen LogP contribution in [0.3, 0.4) is 0 Å². The summed E-state index contributed by atoms with van der Waals surface area (Å²) in [5.74, 6) is 0.145. The van der Waals surface area contributed by atoms with Gasteiger partial charge >= 0.3 is 0 Å². The molecule has 8 nitrogen and oxygen atoms in total. The van der Waals surface area contributed by atoms with E-state index in [1.165, 1.54) is 6.07 Å². The van der Waals surface area contributed by atoms with Crippen molar-refractivity contribution >= 4 is 21.6 Å². The van der Waals surface area contributed by atoms with E-state index in [9.17, 15) is 18.3 Å². The van der Waals surface area contributed by atoms with Crippen molar-refractivity contribution in [2.45, 2.75) is 26.0 Å². The van der Waals surface area contributed by atoms with Gasteiger partial charge in [0.25, 0.3) is 5.91 Å². The highest BCUT2D eigenvalue weighted by Crippen LogP contribution is 2.30. The Morgan fingerprint density at radius 1 is 1.42 bits per heavy atom. The molecule has 0 bridgehead atoms. The maximum absolute atomic E-state index is 13.1. The number of ether oxygens (including phenoxy) is 1. The van der Waals surface area contributed by atoms with Crippen molar-refractivity contribution in [3.8, 4) is 5.75 Å². The fourth-order valence-corrected chi connectivity index (χ4v) is 3.50. The maximum atomic E-state index is 13.1. The number of sulfonamides is 1. The van der Waals surface area contributed by atoms with Gasteiger partial charge in [0.05, 0.1) is 24.5 Å². The lowest BCUT2D eigenvalue weighted by Gasteiger charge is -2.37. The molecule has 0 unspecified atom stereocenters. The number of rotatable bonds is 6. The second-order valence-corrected chi connectivity index (χ2v) is 8.51. The Labute approximate surface area is 154 Å². The highest BCUT2D eigenvalue weighted by molar-refractivity contribution is 7.92. The first-order valence-electron chi connectivity index (χ1n) is 8.51. The Morgan fingerprint density at radius 3 is 2.69 bits per heavy atom. The van der Waals surface area contributed by atoms with Crippen LogP contribution in [0.15, 0.2) is 18.2 Å². The zero-order chi connectivity index (χ0) is 19.5. The third-order valence-electron chi connectivity index (χ3n) is 4.37. The minimum atomic E-state index is -3.47. The van der Waals surface area contributed by atoms with Gasteiger partial charge in [-0.25, -0.2) is 8.42 Å². The van der Waals surface area contributed by atoms with Crippen molar-refractivity contribution in [1.29, 1.82) is 0 Å². The molecule has 0 spiro atoms. The number of aliphatic hydroxyl groups is 1. The average Bonchev–Trinajstić information content (AvgIpc) is 2.56. The number of hydrogen-bond acceptors (Lipinski definition) is 6. The van der Waals surface area contributed by atoms with Crippen LogP contribution in [0.25, 0.3) is 0 Å². The Hall–Kier alpha value is -1.84. The molecule has 0 saturated carbocycles. The lowest BCUT2D eigenvalue weighted by Crippen LogP contribution is -2.49. The van der Waals surface area contributed by atoms with Crippen LogP contribution in [0.4, 0.5) is 5.69 Å². The molecule has 0 radical (unpaired) electrons. The number of fused-ring (bicyclic) bond motifs is 1. The Balaban J connectivity index is 2.50. The van der Waals surface area contributed by atoms with Crippen LogP contribution in [-0.2, 0) is 10.0 Å². The molecule has 1 aromatic carbocycles. The van der Waals surface area contributed by atoms with Crippen LogP contribution >= 0.6 is 0 Å². The first kappa shape index (κ1) is 20.5. The van der Waals surface area contributed by atoms with Gasteiger partial charge in [-0.3, -0.25) is 9.52 Å². The summed E-state index contributed by atoms with van der Waals surface area (Å²) in [6, 6.07) is 4.28. The molecule has 146 valence electrons. The van der Waals surface area contributed by atoms with Gasteiger partial charge in [-0.15, -0.1) is 0 Å². The summed E-state index contributed by atoms with van der Waals surface area (Å²) in [5, 5.41) is 12.6. The lowest BCUT2D eigenvalue weighted by molar-refractivity contribution is 0.0416. The van der Waals surface area contributed by atoms with Gasteiger partial charge in [-0.1, -0.05) is 6.92 Å². The van der Waals surface area contributed by atoms with E-state index in [1.54, 1.807) is 24.0 Å². The van der Waals surface area contributed by atoms with Crippen molar-refractivity contribution in [3.63, 3.8) is 0 Å². The standard InChI is InChI=1S/C17H27N3O5S/c1-11-9-20(12(2)10-21)17(22)14-7-13(19-26(4,23)24)5-6-15(14)25-16(11)8-18-3/h5-7,11-12,16,18-19,21H,8-10H2,1-4H3/t11-,12+,16-/m0/s1. The minimum absolute atomic E-state index is 0.0439. The second-order valence-electron chi connectivity index (χ2n) is 6.77. The summed E-state index contributed by atoms with van der Waals surface area (Å²) in [6.45, 7) is 4.64. The van der Waals surface area contributed by atoms with Gasteiger partial charge in [0, 0.05) is 24.7 Å². The van der Waals surface area contributed by atoms with Gasteiger partial charge in [-0.2, -0.15) is 0 Å². The molecule has 1 aliphatic rings. The van der Waals surface area contributed by atoms with Crippen LogP contribution in [0.2, 0.25) is 0 Å². The van der Waals surface area contributed by atoms with E-state index in [2.05, 4.69) is 10.0 Å². The van der Waals surface area contributed by atoms with Crippen LogP contribution in [0, 0.1) is 5.92 Å². The van der Waals surface area contributed by atoms with E-state index < -0.39 is 10.0 Å². The van der Waals surface area contributed by atoms with E-state index in [0.717, 1.165) is 6.26 Å². The fraction of sp³-hybridized carbons (Fsp3) is 0.588. The predicted octanol–water partition coefficient (Wildman–Crippen LogP) is 0.498. The van der Waals surface area contributed by atoms with Crippen LogP contribution in [0.5, 0.6) is 5.75 Å². The number of amides is 1. The lowest BCUT2D eigenvalue weighted by atomic mass is 9.99. The number of hydrogen-bond donors (Lipinski definition) is 3. The molecule has 3 atom stereocenters. The summed E-state index contributed by atoms with van der Waals surface area (Å²) in [4.78, 5) is 14.7. The van der Waals surface area contributed by atoms with E-state index in [4.69, 9.17) is 4.74 Å². The van der Waals surface area contributed by atoms with Crippen LogP contribution < -0.4 is 14.8 Å². The quantitative estimate of drug-likeness (QED) is 0.658. The SMILES string of the molecule is CNC[C@@H]1Oc2ccc(NS(C)(=O)=O)cc2C(=O)N([C@H](C)CO)C[C@@H]1C. The molecule has 0 aliphatic carbocycles. The second kappa shape index (κ2) is 8.24. The van der Waals surface area contributed by atoms with Crippen molar-refractivity contribution in [1.82, 2.24) is 10.2 Å². The van der Waals surface area contributed by atoms with E-state index in [-0.39, 0.29) is 36.1 Å². The molecular formula is C17H27N3O5S. The number of nitrogens with zero attached hydrogens (tertiary/aromatic N) is 1. The molecule has 1 amide bonds. The first-order valence-corrected chi connectivity index (χ1v) is 10.4. The van der Waals surface area contributed by atoms with Gasteiger partial charge in [0.15, 0.2) is 0 Å². The van der Waals surface area contributed by atoms with Crippen LogP contribution in [-0.4, -0.2) is 69.5 Å². The monoisotopic (exact) mass is 385 g/mol. The van der Waals surface area contributed by atoms with Gasteiger partial charge in [0.1, 0.15) is 11.9 Å². The molecule has 0 saturated heterocycles. The fourth-order valence-electron chi connectivity index (χ4n) is 2.94. The number of benzene rings is 1. The van der Waals surface area contributed by atoms with Crippen LogP contribution in [0.1, 0.15) is 24.2 Å². The summed E-state index contributed by atoms with van der Waals surface area (Å²) in [5.41, 5.74) is 0.561. The van der Waals surface area contributed by atoms with Crippen molar-refractivity contribution < 1.29 is 23.1 Å². The zero-order valence-electron chi connectivity index (χ0n) is 15.5. The molecule has 1 aromatic rings. The molecule has 1 aliphatic heterocycles. The highest BCUT2D eigenvalue weighted by Gasteiger charge is 2.32. The molecular weight excluding hydrogens is 358 g/mol. The molecule has 2 rings (SSSR count). The third-order valence-corrected chi connectivity index (χ3v) is 4.98. The number of anilines is 1. The summed E-state index contributed by atoms with van der Waals surface area (Å²) in [6.07, 6.45) is 0.876. The molecule has 3 N–H and O–H groups in total. The average molecular weight is 385 g/mol. The largest absolute Gasteiger partial charge is 0.488 e. The molecule has 0 fully saturated rings. The topological polar surface area (TPSA) is 108 Å². The van der Waals surface area contributed by atoms with Crippen molar-refractivity contribution in [2.75, 3.05) is 37.7 Å². The third kappa shape index (κ3) is 4.87. The molecule has 1 heterocycles. The van der Waals surface area contributed by atoms with E-state index in [1.807, 2.05) is 14.0 Å². The Kier molecular flexibility index (Phi) is 6.48. The smallest absolute Gasteiger partial charge is 0.258 e. The number of nitrogens with one attached hydrogen (secondary N) is 2. The van der Waals surface area contributed by atoms with Gasteiger partial charge < -0.3 is 20.1 Å². The Morgan fingerprint density at radius 2 is 2.12 bits per heavy atom. The molecule has 0 aromatic heterocycles. The molecule has 26 heavy (non-hydrogen) atoms. The summed E-state index contributed by atoms with van der Waals surface area (Å²) in [7, 11) is -1.64. The first-order chi connectivity index (χ1) is 12.2. The number of likely N-dealkylation sites (N-methyl/N-ethyl adjacent to an activating group) is 1. The van der Waals surface area contributed by atoms with Crippen molar-refractivity contribution in [3.05, 3.63) is 23.8 Å².